The number of aliphatic imine (C=N–C) groups is 1. The molecule has 0 heterocycles. The maximum atomic E-state index is 11.3. The predicted molar refractivity (Wildman–Crippen MR) is 103 cm³/mol. The van der Waals surface area contributed by atoms with Crippen molar-refractivity contribution in [3.63, 3.8) is 0 Å². The first-order valence-electron chi connectivity index (χ1n) is 8.25. The molecule has 0 spiro atoms. The number of carbonyl (C=O) groups excluding carboxylic acids is 1. The van der Waals surface area contributed by atoms with Crippen LogP contribution in [0.2, 0.25) is 18.1 Å². The van der Waals surface area contributed by atoms with Crippen molar-refractivity contribution in [2.75, 3.05) is 25.6 Å². The van der Waals surface area contributed by atoms with Crippen molar-refractivity contribution < 1.29 is 14.0 Å². The minimum atomic E-state index is -1.67. The number of benzene rings is 1. The fourth-order valence-corrected chi connectivity index (χ4v) is 2.83. The Labute approximate surface area is 146 Å². The first kappa shape index (κ1) is 20.4. The number of hydrogen-bond donors (Lipinski definition) is 1. The minimum absolute atomic E-state index is 0.231. The summed E-state index contributed by atoms with van der Waals surface area (Å²) in [6.45, 7) is 12.7. The van der Waals surface area contributed by atoms with E-state index in [9.17, 15) is 4.79 Å². The summed E-state index contributed by atoms with van der Waals surface area (Å²) in [6.07, 6.45) is 2.17. The summed E-state index contributed by atoms with van der Waals surface area (Å²) in [5.74, 6) is 0. The van der Waals surface area contributed by atoms with Crippen molar-refractivity contribution in [3.05, 3.63) is 29.8 Å². The van der Waals surface area contributed by atoms with Crippen LogP contribution in [0.1, 0.15) is 32.8 Å². The van der Waals surface area contributed by atoms with Crippen molar-refractivity contribution in [2.24, 2.45) is 4.99 Å². The highest BCUT2D eigenvalue weighted by Gasteiger charge is 2.36. The standard InChI is InChI=1S/C18H30N2O3Si/c1-18(2,3)24(5,6)23-13-9-12-19-14-15-10-7-8-11-16(15)20-17(21)22-4/h7-8,10-11,14H,9,12-13H2,1-6H3,(H,20,21). The quantitative estimate of drug-likeness (QED) is 0.441. The monoisotopic (exact) mass is 350 g/mol. The molecule has 0 fully saturated rings. The zero-order valence-corrected chi connectivity index (χ0v) is 16.7. The molecular formula is C18H30N2O3Si. The summed E-state index contributed by atoms with van der Waals surface area (Å²) in [5.41, 5.74) is 1.54. The summed E-state index contributed by atoms with van der Waals surface area (Å²) in [7, 11) is -0.332. The topological polar surface area (TPSA) is 59.9 Å². The molecule has 1 amide bonds. The van der Waals surface area contributed by atoms with Gasteiger partial charge in [0, 0.05) is 24.9 Å². The Hall–Kier alpha value is -1.66. The lowest BCUT2D eigenvalue weighted by Crippen LogP contribution is -2.41. The van der Waals surface area contributed by atoms with Gasteiger partial charge >= 0.3 is 6.09 Å². The molecule has 0 aromatic heterocycles. The zero-order valence-electron chi connectivity index (χ0n) is 15.7. The van der Waals surface area contributed by atoms with Crippen LogP contribution in [0, 0.1) is 0 Å². The van der Waals surface area contributed by atoms with Crippen LogP contribution >= 0.6 is 0 Å². The number of rotatable bonds is 7. The maximum absolute atomic E-state index is 11.3. The second-order valence-corrected chi connectivity index (χ2v) is 12.0. The third-order valence-corrected chi connectivity index (χ3v) is 8.85. The zero-order chi connectivity index (χ0) is 18.2. The van der Waals surface area contributed by atoms with E-state index in [0.29, 0.717) is 12.2 Å². The molecule has 1 aromatic carbocycles. The van der Waals surface area contributed by atoms with E-state index in [-0.39, 0.29) is 5.04 Å². The smallest absolute Gasteiger partial charge is 0.411 e. The first-order chi connectivity index (χ1) is 11.2. The molecule has 0 aliphatic rings. The van der Waals surface area contributed by atoms with Crippen LogP contribution in [0.4, 0.5) is 10.5 Å². The first-order valence-corrected chi connectivity index (χ1v) is 11.2. The van der Waals surface area contributed by atoms with Gasteiger partial charge in [0.15, 0.2) is 8.32 Å². The highest BCUT2D eigenvalue weighted by atomic mass is 28.4. The van der Waals surface area contributed by atoms with E-state index in [1.807, 2.05) is 24.3 Å². The molecule has 1 rings (SSSR count). The highest BCUT2D eigenvalue weighted by Crippen LogP contribution is 2.36. The number of nitrogens with zero attached hydrogens (tertiary/aromatic N) is 1. The molecule has 5 nitrogen and oxygen atoms in total. The molecule has 0 saturated carbocycles. The van der Waals surface area contributed by atoms with E-state index in [0.717, 1.165) is 18.6 Å². The van der Waals surface area contributed by atoms with Crippen molar-refractivity contribution in [1.29, 1.82) is 0 Å². The van der Waals surface area contributed by atoms with E-state index >= 15 is 0 Å². The lowest BCUT2D eigenvalue weighted by molar-refractivity contribution is 0.187. The molecule has 0 aliphatic carbocycles. The number of methoxy groups -OCH3 is 1. The van der Waals surface area contributed by atoms with Gasteiger partial charge in [0.1, 0.15) is 0 Å². The van der Waals surface area contributed by atoms with Crippen LogP contribution in [-0.4, -0.2) is 40.9 Å². The molecule has 134 valence electrons. The average Bonchev–Trinajstić information content (AvgIpc) is 2.50. The van der Waals surface area contributed by atoms with E-state index in [1.54, 1.807) is 6.21 Å². The SMILES string of the molecule is COC(=O)Nc1ccccc1C=NCCCO[Si](C)(C)C(C)(C)C. The molecule has 0 radical (unpaired) electrons. The summed E-state index contributed by atoms with van der Waals surface area (Å²) in [5, 5.41) is 2.91. The molecule has 6 heteroatoms. The van der Waals surface area contributed by atoms with Gasteiger partial charge in [-0.05, 0) is 30.6 Å². The lowest BCUT2D eigenvalue weighted by Gasteiger charge is -2.36. The second-order valence-electron chi connectivity index (χ2n) is 7.20. The van der Waals surface area contributed by atoms with Gasteiger partial charge in [0.05, 0.1) is 12.8 Å². The summed E-state index contributed by atoms with van der Waals surface area (Å²) < 4.78 is 10.7. The minimum Gasteiger partial charge on any atom is -0.453 e. The van der Waals surface area contributed by atoms with Crippen LogP contribution in [0.15, 0.2) is 29.3 Å². The van der Waals surface area contributed by atoms with Crippen LogP contribution in [0.5, 0.6) is 0 Å². The summed E-state index contributed by atoms with van der Waals surface area (Å²) >= 11 is 0. The fourth-order valence-electron chi connectivity index (χ4n) is 1.75. The number of ether oxygens (including phenoxy) is 1. The molecule has 0 aliphatic heterocycles. The van der Waals surface area contributed by atoms with Gasteiger partial charge in [-0.3, -0.25) is 10.3 Å². The largest absolute Gasteiger partial charge is 0.453 e. The third-order valence-electron chi connectivity index (χ3n) is 4.31. The van der Waals surface area contributed by atoms with Crippen LogP contribution < -0.4 is 5.32 Å². The fraction of sp³-hybridized carbons (Fsp3) is 0.556. The van der Waals surface area contributed by atoms with Crippen LogP contribution in [0.3, 0.4) is 0 Å². The van der Waals surface area contributed by atoms with Crippen molar-refractivity contribution in [1.82, 2.24) is 0 Å². The number of hydrogen-bond acceptors (Lipinski definition) is 4. The Bertz CT molecular complexity index is 566. The van der Waals surface area contributed by atoms with E-state index < -0.39 is 14.4 Å². The number of amides is 1. The van der Waals surface area contributed by atoms with Gasteiger partial charge in [-0.25, -0.2) is 4.79 Å². The average molecular weight is 351 g/mol. The normalized spacial score (nSPS) is 12.4. The Morgan fingerprint density at radius 2 is 1.96 bits per heavy atom. The molecule has 1 aromatic rings. The van der Waals surface area contributed by atoms with Gasteiger partial charge in [-0.1, -0.05) is 39.0 Å². The summed E-state index contributed by atoms with van der Waals surface area (Å²) in [4.78, 5) is 15.8. The molecule has 0 unspecified atom stereocenters. The molecule has 24 heavy (non-hydrogen) atoms. The highest BCUT2D eigenvalue weighted by molar-refractivity contribution is 6.74. The molecule has 0 bridgehead atoms. The number of para-hydroxylation sites is 1. The Balaban J connectivity index is 2.47. The van der Waals surface area contributed by atoms with Gasteiger partial charge in [-0.2, -0.15) is 0 Å². The van der Waals surface area contributed by atoms with Crippen LogP contribution in [-0.2, 0) is 9.16 Å². The van der Waals surface area contributed by atoms with Crippen molar-refractivity contribution in [2.45, 2.75) is 45.3 Å². The van der Waals surface area contributed by atoms with Gasteiger partial charge in [0.2, 0.25) is 0 Å². The predicted octanol–water partition coefficient (Wildman–Crippen LogP) is 4.70. The van der Waals surface area contributed by atoms with Gasteiger partial charge in [-0.15, -0.1) is 0 Å². The molecular weight excluding hydrogens is 320 g/mol. The van der Waals surface area contributed by atoms with Gasteiger partial charge in [0.25, 0.3) is 0 Å². The molecule has 0 saturated heterocycles. The van der Waals surface area contributed by atoms with Crippen molar-refractivity contribution >= 4 is 26.3 Å². The number of carbonyl (C=O) groups is 1. The Morgan fingerprint density at radius 1 is 1.29 bits per heavy atom. The Kier molecular flexibility index (Phi) is 7.63. The number of nitrogens with one attached hydrogen (secondary N) is 1. The third kappa shape index (κ3) is 6.45. The van der Waals surface area contributed by atoms with E-state index in [2.05, 4.69) is 48.9 Å². The number of anilines is 1. The van der Waals surface area contributed by atoms with E-state index in [1.165, 1.54) is 7.11 Å². The Morgan fingerprint density at radius 3 is 2.58 bits per heavy atom. The van der Waals surface area contributed by atoms with Crippen LogP contribution in [0.25, 0.3) is 0 Å². The second kappa shape index (κ2) is 8.99. The summed E-state index contributed by atoms with van der Waals surface area (Å²) in [6, 6.07) is 7.49. The maximum Gasteiger partial charge on any atom is 0.411 e. The lowest BCUT2D eigenvalue weighted by atomic mass is 10.2. The molecule has 0 atom stereocenters. The molecule has 1 N–H and O–H groups in total. The van der Waals surface area contributed by atoms with Gasteiger partial charge < -0.3 is 9.16 Å². The van der Waals surface area contributed by atoms with E-state index in [4.69, 9.17) is 4.43 Å². The van der Waals surface area contributed by atoms with Crippen molar-refractivity contribution in [3.8, 4) is 0 Å².